The van der Waals surface area contributed by atoms with Crippen molar-refractivity contribution in [1.29, 1.82) is 0 Å². The molecule has 3 aromatic rings. The van der Waals surface area contributed by atoms with Crippen LogP contribution in [0, 0.1) is 12.8 Å². The minimum atomic E-state index is -2.96. The van der Waals surface area contributed by atoms with E-state index in [2.05, 4.69) is 10.3 Å². The first-order valence-corrected chi connectivity index (χ1v) is 11.7. The summed E-state index contributed by atoms with van der Waals surface area (Å²) >= 11 is 6.15. The highest BCUT2D eigenvalue weighted by Crippen LogP contribution is 2.26. The largest absolute Gasteiger partial charge is 0.324 e. The van der Waals surface area contributed by atoms with E-state index in [1.165, 1.54) is 0 Å². The van der Waals surface area contributed by atoms with E-state index in [0.717, 1.165) is 22.4 Å². The molecule has 0 aliphatic carbocycles. The van der Waals surface area contributed by atoms with E-state index in [1.54, 1.807) is 12.1 Å². The highest BCUT2D eigenvalue weighted by atomic mass is 35.5. The second-order valence-corrected chi connectivity index (χ2v) is 10.2. The molecule has 0 radical (unpaired) electrons. The lowest BCUT2D eigenvalue weighted by molar-refractivity contribution is -0.116. The molecule has 8 heteroatoms. The highest BCUT2D eigenvalue weighted by Gasteiger charge is 2.29. The predicted octanol–water partition coefficient (Wildman–Crippen LogP) is 3.61. The number of aromatic nitrogens is 2. The highest BCUT2D eigenvalue weighted by molar-refractivity contribution is 7.91. The Morgan fingerprint density at radius 1 is 1.24 bits per heavy atom. The van der Waals surface area contributed by atoms with Crippen LogP contribution >= 0.6 is 11.6 Å². The van der Waals surface area contributed by atoms with Crippen molar-refractivity contribution in [2.45, 2.75) is 26.3 Å². The van der Waals surface area contributed by atoms with Crippen molar-refractivity contribution in [3.63, 3.8) is 0 Å². The Labute approximate surface area is 174 Å². The van der Waals surface area contributed by atoms with Crippen LogP contribution in [0.1, 0.15) is 17.8 Å². The van der Waals surface area contributed by atoms with Crippen molar-refractivity contribution in [2.75, 3.05) is 16.8 Å². The lowest BCUT2D eigenvalue weighted by atomic mass is 10.1. The maximum atomic E-state index is 12.8. The summed E-state index contributed by atoms with van der Waals surface area (Å²) < 4.78 is 25.5. The Kier molecular flexibility index (Phi) is 5.36. The summed E-state index contributed by atoms with van der Waals surface area (Å²) in [6, 6.07) is 13.0. The van der Waals surface area contributed by atoms with E-state index in [-0.39, 0.29) is 29.9 Å². The first kappa shape index (κ1) is 19.9. The Bertz CT molecular complexity index is 1190. The van der Waals surface area contributed by atoms with Gasteiger partial charge < -0.3 is 9.88 Å². The van der Waals surface area contributed by atoms with E-state index in [4.69, 9.17) is 11.6 Å². The molecule has 2 heterocycles. The van der Waals surface area contributed by atoms with E-state index >= 15 is 0 Å². The van der Waals surface area contributed by atoms with Gasteiger partial charge in [-0.1, -0.05) is 29.8 Å². The molecular formula is C21H22ClN3O3S. The van der Waals surface area contributed by atoms with Crippen molar-refractivity contribution in [3.05, 3.63) is 58.9 Å². The normalized spacial score (nSPS) is 18.2. The minimum Gasteiger partial charge on any atom is -0.324 e. The zero-order valence-electron chi connectivity index (χ0n) is 16.1. The van der Waals surface area contributed by atoms with Gasteiger partial charge in [0.2, 0.25) is 5.91 Å². The molecule has 1 aromatic heterocycles. The third-order valence-corrected chi connectivity index (χ3v) is 7.62. The zero-order valence-corrected chi connectivity index (χ0v) is 17.6. The van der Waals surface area contributed by atoms with Crippen molar-refractivity contribution < 1.29 is 13.2 Å². The van der Waals surface area contributed by atoms with Crippen molar-refractivity contribution >= 4 is 44.1 Å². The molecule has 1 aliphatic heterocycles. The molecule has 0 bridgehead atoms. The molecule has 0 unspecified atom stereocenters. The number of carbonyl (C=O) groups excluding carboxylic acids is 1. The third kappa shape index (κ3) is 4.31. The van der Waals surface area contributed by atoms with Gasteiger partial charge in [-0.15, -0.1) is 0 Å². The average Bonchev–Trinajstić information content (AvgIpc) is 3.19. The average molecular weight is 432 g/mol. The van der Waals surface area contributed by atoms with Crippen LogP contribution < -0.4 is 5.32 Å². The smallest absolute Gasteiger partial charge is 0.244 e. The maximum Gasteiger partial charge on any atom is 0.244 e. The van der Waals surface area contributed by atoms with Crippen molar-refractivity contribution in [1.82, 2.24) is 9.55 Å². The number of fused-ring (bicyclic) bond motifs is 1. The van der Waals surface area contributed by atoms with Gasteiger partial charge in [-0.2, -0.15) is 0 Å². The molecule has 152 valence electrons. The number of nitrogens with zero attached hydrogens (tertiary/aromatic N) is 2. The molecular weight excluding hydrogens is 410 g/mol. The van der Waals surface area contributed by atoms with Crippen LogP contribution in [-0.4, -0.2) is 35.4 Å². The fraction of sp³-hybridized carbons (Fsp3) is 0.333. The third-order valence-electron chi connectivity index (χ3n) is 5.38. The van der Waals surface area contributed by atoms with E-state index in [0.29, 0.717) is 23.6 Å². The zero-order chi connectivity index (χ0) is 20.6. The summed E-state index contributed by atoms with van der Waals surface area (Å²) in [5, 5.41) is 3.52. The molecule has 0 spiro atoms. The molecule has 6 nitrogen and oxygen atoms in total. The number of rotatable bonds is 5. The van der Waals surface area contributed by atoms with Gasteiger partial charge in [0.05, 0.1) is 22.5 Å². The molecule has 29 heavy (non-hydrogen) atoms. The van der Waals surface area contributed by atoms with Gasteiger partial charge in [0.1, 0.15) is 12.4 Å². The number of hydrogen-bond donors (Lipinski definition) is 1. The van der Waals surface area contributed by atoms with E-state index in [1.807, 2.05) is 41.8 Å². The van der Waals surface area contributed by atoms with Gasteiger partial charge in [0, 0.05) is 17.1 Å². The molecule has 1 atom stereocenters. The van der Waals surface area contributed by atoms with Crippen LogP contribution in [0.15, 0.2) is 42.5 Å². The van der Waals surface area contributed by atoms with Crippen LogP contribution in [0.5, 0.6) is 0 Å². The number of carbonyl (C=O) groups is 1. The fourth-order valence-electron chi connectivity index (χ4n) is 3.83. The van der Waals surface area contributed by atoms with Gasteiger partial charge in [-0.05, 0) is 49.1 Å². The lowest BCUT2D eigenvalue weighted by Crippen LogP contribution is -2.21. The molecule has 2 aromatic carbocycles. The van der Waals surface area contributed by atoms with Crippen LogP contribution in [0.4, 0.5) is 5.69 Å². The Morgan fingerprint density at radius 3 is 2.79 bits per heavy atom. The Balaban J connectivity index is 1.60. The summed E-state index contributed by atoms with van der Waals surface area (Å²) in [5.74, 6) is 1.01. The first-order valence-electron chi connectivity index (χ1n) is 9.52. The number of imidazole rings is 1. The summed E-state index contributed by atoms with van der Waals surface area (Å²) in [6.45, 7) is 1.96. The monoisotopic (exact) mass is 431 g/mol. The molecule has 1 amide bonds. The van der Waals surface area contributed by atoms with E-state index in [9.17, 15) is 13.2 Å². The minimum absolute atomic E-state index is 0.0359. The first-order chi connectivity index (χ1) is 13.8. The summed E-state index contributed by atoms with van der Waals surface area (Å²) in [4.78, 5) is 17.5. The molecule has 1 saturated heterocycles. The molecule has 4 rings (SSSR count). The topological polar surface area (TPSA) is 81.1 Å². The predicted molar refractivity (Wildman–Crippen MR) is 115 cm³/mol. The quantitative estimate of drug-likeness (QED) is 0.669. The number of anilines is 1. The summed E-state index contributed by atoms with van der Waals surface area (Å²) in [7, 11) is -2.96. The fourth-order valence-corrected chi connectivity index (χ4v) is 5.86. The lowest BCUT2D eigenvalue weighted by Gasteiger charge is -2.13. The Morgan fingerprint density at radius 2 is 2.03 bits per heavy atom. The number of hydrogen-bond acceptors (Lipinski definition) is 4. The van der Waals surface area contributed by atoms with Gasteiger partial charge >= 0.3 is 0 Å². The standard InChI is InChI=1S/C21H22ClN3O3S/c1-14-16(22)5-4-7-17(14)24-21(26)12-25-19-8-3-2-6-18(19)23-20(25)11-15-9-10-29(27,28)13-15/h2-8,15H,9-13H2,1H3,(H,24,26)/t15-/m0/s1. The number of sulfone groups is 1. The van der Waals surface area contributed by atoms with Gasteiger partial charge in [0.25, 0.3) is 0 Å². The second kappa shape index (κ2) is 7.80. The molecule has 0 saturated carbocycles. The van der Waals surface area contributed by atoms with Crippen LogP contribution in [0.2, 0.25) is 5.02 Å². The van der Waals surface area contributed by atoms with Crippen LogP contribution in [-0.2, 0) is 27.6 Å². The van der Waals surface area contributed by atoms with Gasteiger partial charge in [-0.3, -0.25) is 4.79 Å². The number of halogens is 1. The van der Waals surface area contributed by atoms with Gasteiger partial charge in [-0.25, -0.2) is 13.4 Å². The Hall–Kier alpha value is -2.38. The number of amides is 1. The molecule has 1 N–H and O–H groups in total. The number of para-hydroxylation sites is 2. The van der Waals surface area contributed by atoms with Crippen LogP contribution in [0.25, 0.3) is 11.0 Å². The molecule has 1 aliphatic rings. The van der Waals surface area contributed by atoms with Gasteiger partial charge in [0.15, 0.2) is 9.84 Å². The van der Waals surface area contributed by atoms with Crippen molar-refractivity contribution in [3.8, 4) is 0 Å². The van der Waals surface area contributed by atoms with E-state index < -0.39 is 9.84 Å². The summed E-state index contributed by atoms with van der Waals surface area (Å²) in [5.41, 5.74) is 3.15. The number of benzene rings is 2. The van der Waals surface area contributed by atoms with Crippen LogP contribution in [0.3, 0.4) is 0 Å². The van der Waals surface area contributed by atoms with Crippen molar-refractivity contribution in [2.24, 2.45) is 5.92 Å². The maximum absolute atomic E-state index is 12.8. The SMILES string of the molecule is Cc1c(Cl)cccc1NC(=O)Cn1c(C[C@@H]2CCS(=O)(=O)C2)nc2ccccc21. The number of nitrogens with one attached hydrogen (secondary N) is 1. The molecule has 1 fully saturated rings. The second-order valence-electron chi connectivity index (χ2n) is 7.54. The summed E-state index contributed by atoms with van der Waals surface area (Å²) in [6.07, 6.45) is 1.18.